The molecule has 8 nitrogen and oxygen atoms in total. The van der Waals surface area contributed by atoms with Crippen LogP contribution in [0, 0.1) is 0 Å². The van der Waals surface area contributed by atoms with Gasteiger partial charge in [0.15, 0.2) is 5.96 Å². The van der Waals surface area contributed by atoms with Crippen molar-refractivity contribution in [1.82, 2.24) is 10.2 Å². The van der Waals surface area contributed by atoms with Crippen molar-refractivity contribution in [3.05, 3.63) is 30.3 Å². The van der Waals surface area contributed by atoms with Crippen molar-refractivity contribution in [3.8, 4) is 0 Å². The predicted octanol–water partition coefficient (Wildman–Crippen LogP) is 1.15. The van der Waals surface area contributed by atoms with Crippen LogP contribution < -0.4 is 16.4 Å². The number of aliphatic imine (C=N–C) groups is 1. The summed E-state index contributed by atoms with van der Waals surface area (Å²) in [5.41, 5.74) is 6.56. The lowest BCUT2D eigenvalue weighted by Gasteiger charge is -2.31. The normalized spacial score (nSPS) is 15.6. The number of piperidine rings is 1. The van der Waals surface area contributed by atoms with Gasteiger partial charge in [-0.05, 0) is 31.9 Å². The molecule has 2 rings (SSSR count). The fourth-order valence-corrected chi connectivity index (χ4v) is 2.55. The molecule has 25 heavy (non-hydrogen) atoms. The SMILES string of the molecule is CCOC(=O)N1CCC(NC(N)=NCC(=O)Nc2ccccc2)CC1. The molecule has 1 aliphatic rings. The van der Waals surface area contributed by atoms with Gasteiger partial charge in [-0.25, -0.2) is 9.79 Å². The Kier molecular flexibility index (Phi) is 7.06. The fourth-order valence-electron chi connectivity index (χ4n) is 2.55. The molecule has 0 aliphatic carbocycles. The molecule has 0 radical (unpaired) electrons. The molecule has 1 aliphatic heterocycles. The summed E-state index contributed by atoms with van der Waals surface area (Å²) in [4.78, 5) is 29.2. The van der Waals surface area contributed by atoms with Gasteiger partial charge in [0.2, 0.25) is 5.91 Å². The van der Waals surface area contributed by atoms with Crippen LogP contribution in [0.25, 0.3) is 0 Å². The van der Waals surface area contributed by atoms with Gasteiger partial charge in [-0.15, -0.1) is 0 Å². The van der Waals surface area contributed by atoms with Gasteiger partial charge in [0, 0.05) is 24.8 Å². The van der Waals surface area contributed by atoms with Crippen molar-refractivity contribution < 1.29 is 14.3 Å². The minimum atomic E-state index is -0.278. The van der Waals surface area contributed by atoms with Crippen LogP contribution >= 0.6 is 0 Å². The number of nitrogens with one attached hydrogen (secondary N) is 2. The summed E-state index contributed by atoms with van der Waals surface area (Å²) in [6.07, 6.45) is 1.23. The van der Waals surface area contributed by atoms with E-state index in [1.54, 1.807) is 24.0 Å². The number of nitrogens with two attached hydrogens (primary N) is 1. The molecule has 0 spiro atoms. The molecule has 2 amide bonds. The second-order valence-electron chi connectivity index (χ2n) is 5.72. The molecular weight excluding hydrogens is 322 g/mol. The van der Waals surface area contributed by atoms with E-state index < -0.39 is 0 Å². The molecule has 0 saturated carbocycles. The highest BCUT2D eigenvalue weighted by Gasteiger charge is 2.23. The topological polar surface area (TPSA) is 109 Å². The van der Waals surface area contributed by atoms with Crippen LogP contribution in [-0.4, -0.2) is 55.1 Å². The van der Waals surface area contributed by atoms with Gasteiger partial charge >= 0.3 is 6.09 Å². The van der Waals surface area contributed by atoms with Crippen molar-refractivity contribution >= 4 is 23.6 Å². The van der Waals surface area contributed by atoms with E-state index in [4.69, 9.17) is 10.5 Å². The maximum atomic E-state index is 11.8. The Balaban J connectivity index is 1.71. The van der Waals surface area contributed by atoms with Crippen LogP contribution in [0.3, 0.4) is 0 Å². The number of rotatable bonds is 5. The standard InChI is InChI=1S/C17H25N5O3/c1-2-25-17(24)22-10-8-14(9-11-22)21-16(18)19-12-15(23)20-13-6-4-3-5-7-13/h3-7,14H,2,8-12H2,1H3,(H,20,23)(H3,18,19,21). The summed E-state index contributed by atoms with van der Waals surface area (Å²) in [5, 5.41) is 5.84. The summed E-state index contributed by atoms with van der Waals surface area (Å²) >= 11 is 0. The zero-order valence-corrected chi connectivity index (χ0v) is 14.4. The lowest BCUT2D eigenvalue weighted by atomic mass is 10.1. The summed E-state index contributed by atoms with van der Waals surface area (Å²) in [5.74, 6) is 0.00544. The van der Waals surface area contributed by atoms with E-state index in [9.17, 15) is 9.59 Å². The molecule has 0 bridgehead atoms. The summed E-state index contributed by atoms with van der Waals surface area (Å²) in [6.45, 7) is 3.34. The minimum absolute atomic E-state index is 0.0462. The third-order valence-corrected chi connectivity index (χ3v) is 3.82. The number of guanidine groups is 1. The average Bonchev–Trinajstić information content (AvgIpc) is 2.62. The molecule has 1 aromatic carbocycles. The van der Waals surface area contributed by atoms with Gasteiger partial charge in [-0.1, -0.05) is 18.2 Å². The van der Waals surface area contributed by atoms with E-state index in [1.807, 2.05) is 18.2 Å². The van der Waals surface area contributed by atoms with Crippen LogP contribution in [0.1, 0.15) is 19.8 Å². The van der Waals surface area contributed by atoms with Gasteiger partial charge in [0.05, 0.1) is 6.61 Å². The molecular formula is C17H25N5O3. The predicted molar refractivity (Wildman–Crippen MR) is 96.3 cm³/mol. The number of anilines is 1. The van der Waals surface area contributed by atoms with E-state index >= 15 is 0 Å². The highest BCUT2D eigenvalue weighted by Crippen LogP contribution is 2.11. The molecule has 0 unspecified atom stereocenters. The Bertz CT molecular complexity index is 598. The van der Waals surface area contributed by atoms with E-state index in [1.165, 1.54) is 0 Å². The first-order valence-corrected chi connectivity index (χ1v) is 8.41. The van der Waals surface area contributed by atoms with Crippen LogP contribution in [0.15, 0.2) is 35.3 Å². The van der Waals surface area contributed by atoms with Crippen LogP contribution in [0.4, 0.5) is 10.5 Å². The summed E-state index contributed by atoms with van der Waals surface area (Å²) in [6, 6.07) is 9.31. The first-order valence-electron chi connectivity index (χ1n) is 8.41. The number of hydrogen-bond acceptors (Lipinski definition) is 4. The fraction of sp³-hybridized carbons (Fsp3) is 0.471. The van der Waals surface area contributed by atoms with Crippen LogP contribution in [0.2, 0.25) is 0 Å². The molecule has 136 valence electrons. The Labute approximate surface area is 147 Å². The van der Waals surface area contributed by atoms with Crippen LogP contribution in [-0.2, 0) is 9.53 Å². The molecule has 1 aromatic rings. The second-order valence-corrected chi connectivity index (χ2v) is 5.72. The number of para-hydroxylation sites is 1. The second kappa shape index (κ2) is 9.51. The minimum Gasteiger partial charge on any atom is -0.450 e. The number of hydrogen-bond donors (Lipinski definition) is 3. The average molecular weight is 347 g/mol. The highest BCUT2D eigenvalue weighted by molar-refractivity contribution is 5.93. The van der Waals surface area contributed by atoms with Gasteiger partial charge in [0.25, 0.3) is 0 Å². The maximum Gasteiger partial charge on any atom is 0.409 e. The molecule has 1 saturated heterocycles. The van der Waals surface area contributed by atoms with E-state index in [0.29, 0.717) is 19.7 Å². The van der Waals surface area contributed by atoms with E-state index in [2.05, 4.69) is 15.6 Å². The number of amides is 2. The van der Waals surface area contributed by atoms with Gasteiger partial charge in [-0.2, -0.15) is 0 Å². The largest absolute Gasteiger partial charge is 0.450 e. The van der Waals surface area contributed by atoms with E-state index in [0.717, 1.165) is 18.5 Å². The monoisotopic (exact) mass is 347 g/mol. The number of benzene rings is 1. The number of carbonyl (C=O) groups is 2. The maximum absolute atomic E-state index is 11.8. The first kappa shape index (κ1) is 18.6. The van der Waals surface area contributed by atoms with Gasteiger partial charge in [0.1, 0.15) is 6.54 Å². The van der Waals surface area contributed by atoms with Gasteiger partial charge < -0.3 is 26.0 Å². The quantitative estimate of drug-likeness (QED) is 0.547. The van der Waals surface area contributed by atoms with E-state index in [-0.39, 0.29) is 30.5 Å². The third kappa shape index (κ3) is 6.33. The lowest BCUT2D eigenvalue weighted by molar-refractivity contribution is -0.114. The molecule has 4 N–H and O–H groups in total. The zero-order chi connectivity index (χ0) is 18.1. The number of likely N-dealkylation sites (tertiary alicyclic amines) is 1. The number of ether oxygens (including phenoxy) is 1. The Morgan fingerprint density at radius 3 is 2.60 bits per heavy atom. The van der Waals surface area contributed by atoms with Crippen molar-refractivity contribution in [2.24, 2.45) is 10.7 Å². The molecule has 1 fully saturated rings. The first-order chi connectivity index (χ1) is 12.1. The molecule has 1 heterocycles. The van der Waals surface area contributed by atoms with Crippen molar-refractivity contribution in [1.29, 1.82) is 0 Å². The smallest absolute Gasteiger partial charge is 0.409 e. The lowest BCUT2D eigenvalue weighted by Crippen LogP contribution is -2.48. The van der Waals surface area contributed by atoms with Crippen molar-refractivity contribution in [2.45, 2.75) is 25.8 Å². The molecule has 0 aromatic heterocycles. The number of nitrogens with zero attached hydrogens (tertiary/aromatic N) is 2. The van der Waals surface area contributed by atoms with Crippen molar-refractivity contribution in [2.75, 3.05) is 31.6 Å². The number of carbonyl (C=O) groups excluding carboxylic acids is 2. The van der Waals surface area contributed by atoms with Crippen molar-refractivity contribution in [3.63, 3.8) is 0 Å². The highest BCUT2D eigenvalue weighted by atomic mass is 16.6. The Morgan fingerprint density at radius 1 is 1.28 bits per heavy atom. The van der Waals surface area contributed by atoms with Gasteiger partial charge in [-0.3, -0.25) is 4.79 Å². The molecule has 0 atom stereocenters. The third-order valence-electron chi connectivity index (χ3n) is 3.82. The summed E-state index contributed by atoms with van der Waals surface area (Å²) in [7, 11) is 0. The Hall–Kier alpha value is -2.77. The Morgan fingerprint density at radius 2 is 1.96 bits per heavy atom. The summed E-state index contributed by atoms with van der Waals surface area (Å²) < 4.78 is 4.99. The molecule has 8 heteroatoms. The van der Waals surface area contributed by atoms with Crippen LogP contribution in [0.5, 0.6) is 0 Å². The zero-order valence-electron chi connectivity index (χ0n) is 14.4.